The Morgan fingerprint density at radius 3 is 2.74 bits per heavy atom. The molecule has 0 bridgehead atoms. The van der Waals surface area contributed by atoms with Crippen LogP contribution in [0.5, 0.6) is 5.75 Å². The molecule has 6 nitrogen and oxygen atoms in total. The van der Waals surface area contributed by atoms with Gasteiger partial charge in [-0.15, -0.1) is 0 Å². The average molecular weight is 329 g/mol. The molecule has 0 aliphatic rings. The van der Waals surface area contributed by atoms with Gasteiger partial charge < -0.3 is 19.9 Å². The SMILES string of the molecule is Cc1cc(NC(=O)CNc2ccccc2OCC(F)(F)F)no1. The van der Waals surface area contributed by atoms with Crippen LogP contribution in [0.1, 0.15) is 5.76 Å². The number of para-hydroxylation sites is 2. The number of hydrogen-bond acceptors (Lipinski definition) is 5. The van der Waals surface area contributed by atoms with Gasteiger partial charge in [0.05, 0.1) is 12.2 Å². The number of aryl methyl sites for hydroxylation is 1. The monoisotopic (exact) mass is 329 g/mol. The summed E-state index contributed by atoms with van der Waals surface area (Å²) >= 11 is 0. The molecule has 0 saturated carbocycles. The van der Waals surface area contributed by atoms with E-state index in [9.17, 15) is 18.0 Å². The minimum Gasteiger partial charge on any atom is -0.482 e. The lowest BCUT2D eigenvalue weighted by atomic mass is 10.3. The predicted molar refractivity (Wildman–Crippen MR) is 76.4 cm³/mol. The van der Waals surface area contributed by atoms with Crippen molar-refractivity contribution >= 4 is 17.4 Å². The van der Waals surface area contributed by atoms with Gasteiger partial charge in [-0.3, -0.25) is 4.79 Å². The van der Waals surface area contributed by atoms with Gasteiger partial charge in [-0.1, -0.05) is 17.3 Å². The Hall–Kier alpha value is -2.71. The Kier molecular flexibility index (Phi) is 5.09. The number of carbonyl (C=O) groups is 1. The number of nitrogens with one attached hydrogen (secondary N) is 2. The van der Waals surface area contributed by atoms with Crippen LogP contribution in [0.3, 0.4) is 0 Å². The van der Waals surface area contributed by atoms with Crippen LogP contribution in [0.15, 0.2) is 34.9 Å². The van der Waals surface area contributed by atoms with E-state index in [0.29, 0.717) is 5.76 Å². The van der Waals surface area contributed by atoms with Crippen molar-refractivity contribution in [2.24, 2.45) is 0 Å². The van der Waals surface area contributed by atoms with Crippen molar-refractivity contribution in [3.05, 3.63) is 36.1 Å². The predicted octanol–water partition coefficient (Wildman–Crippen LogP) is 2.97. The minimum absolute atomic E-state index is 0.00917. The molecule has 2 rings (SSSR count). The molecule has 2 N–H and O–H groups in total. The number of rotatable bonds is 6. The van der Waals surface area contributed by atoms with Crippen LogP contribution in [-0.2, 0) is 4.79 Å². The van der Waals surface area contributed by atoms with Gasteiger partial charge in [-0.25, -0.2) is 0 Å². The smallest absolute Gasteiger partial charge is 0.422 e. The number of hydrogen-bond donors (Lipinski definition) is 2. The highest BCUT2D eigenvalue weighted by Gasteiger charge is 2.28. The molecule has 124 valence electrons. The van der Waals surface area contributed by atoms with E-state index >= 15 is 0 Å². The average Bonchev–Trinajstić information content (AvgIpc) is 2.88. The van der Waals surface area contributed by atoms with Gasteiger partial charge in [0.2, 0.25) is 5.91 Å². The van der Waals surface area contributed by atoms with E-state index in [1.54, 1.807) is 13.0 Å². The summed E-state index contributed by atoms with van der Waals surface area (Å²) in [4.78, 5) is 11.7. The molecule has 0 spiro atoms. The number of alkyl halides is 3. The number of aromatic nitrogens is 1. The Balaban J connectivity index is 1.91. The maximum atomic E-state index is 12.2. The zero-order valence-corrected chi connectivity index (χ0v) is 12.1. The Morgan fingerprint density at radius 2 is 2.09 bits per heavy atom. The number of nitrogens with zero attached hydrogens (tertiary/aromatic N) is 1. The van der Waals surface area contributed by atoms with Crippen molar-refractivity contribution in [1.82, 2.24) is 5.16 Å². The molecule has 2 aromatic rings. The van der Waals surface area contributed by atoms with Gasteiger partial charge in [0, 0.05) is 6.07 Å². The third-order valence-electron chi connectivity index (χ3n) is 2.61. The van der Waals surface area contributed by atoms with Crippen LogP contribution < -0.4 is 15.4 Å². The summed E-state index contributed by atoms with van der Waals surface area (Å²) in [5.74, 6) is 0.383. The van der Waals surface area contributed by atoms with Crippen molar-refractivity contribution in [3.63, 3.8) is 0 Å². The summed E-state index contributed by atoms with van der Waals surface area (Å²) in [6.07, 6.45) is -4.44. The maximum absolute atomic E-state index is 12.2. The molecule has 0 radical (unpaired) electrons. The second kappa shape index (κ2) is 7.03. The molecule has 0 atom stereocenters. The highest BCUT2D eigenvalue weighted by molar-refractivity contribution is 5.93. The van der Waals surface area contributed by atoms with E-state index in [1.165, 1.54) is 24.3 Å². The lowest BCUT2D eigenvalue weighted by Gasteiger charge is -2.14. The Bertz CT molecular complexity index is 671. The zero-order valence-electron chi connectivity index (χ0n) is 12.1. The molecular formula is C14H14F3N3O3. The first kappa shape index (κ1) is 16.7. The van der Waals surface area contributed by atoms with Crippen LogP contribution in [0.2, 0.25) is 0 Å². The molecule has 9 heteroatoms. The summed E-state index contributed by atoms with van der Waals surface area (Å²) < 4.78 is 46.1. The second-order valence-electron chi connectivity index (χ2n) is 4.62. The van der Waals surface area contributed by atoms with E-state index in [4.69, 9.17) is 9.26 Å². The standard InChI is InChI=1S/C14H14F3N3O3/c1-9-6-12(20-23-9)19-13(21)7-18-10-4-2-3-5-11(10)22-8-14(15,16)17/h2-6,18H,7-8H2,1H3,(H,19,20,21). The number of amides is 1. The fraction of sp³-hybridized carbons (Fsp3) is 0.286. The van der Waals surface area contributed by atoms with Crippen molar-refractivity contribution < 1.29 is 27.2 Å². The van der Waals surface area contributed by atoms with Gasteiger partial charge in [0.1, 0.15) is 11.5 Å². The van der Waals surface area contributed by atoms with E-state index in [-0.39, 0.29) is 23.8 Å². The van der Waals surface area contributed by atoms with Crippen LogP contribution in [0.4, 0.5) is 24.7 Å². The van der Waals surface area contributed by atoms with Gasteiger partial charge in [-0.05, 0) is 19.1 Å². The van der Waals surface area contributed by atoms with Crippen molar-refractivity contribution in [3.8, 4) is 5.75 Å². The molecule has 1 amide bonds. The Labute approximate surface area is 129 Å². The van der Waals surface area contributed by atoms with Crippen molar-refractivity contribution in [2.45, 2.75) is 13.1 Å². The summed E-state index contributed by atoms with van der Waals surface area (Å²) in [6, 6.07) is 7.58. The first-order chi connectivity index (χ1) is 10.8. The molecule has 0 aliphatic carbocycles. The quantitative estimate of drug-likeness (QED) is 0.852. The van der Waals surface area contributed by atoms with Gasteiger partial charge in [0.15, 0.2) is 12.4 Å². The fourth-order valence-corrected chi connectivity index (χ4v) is 1.69. The summed E-state index contributed by atoms with van der Waals surface area (Å²) in [7, 11) is 0. The number of ether oxygens (including phenoxy) is 1. The van der Waals surface area contributed by atoms with Gasteiger partial charge in [0.25, 0.3) is 0 Å². The van der Waals surface area contributed by atoms with E-state index < -0.39 is 18.7 Å². The molecule has 23 heavy (non-hydrogen) atoms. The summed E-state index contributed by atoms with van der Waals surface area (Å²) in [6.45, 7) is 0.101. The molecular weight excluding hydrogens is 315 g/mol. The van der Waals surface area contributed by atoms with Crippen LogP contribution >= 0.6 is 0 Å². The fourth-order valence-electron chi connectivity index (χ4n) is 1.69. The molecule has 1 aromatic heterocycles. The molecule has 0 unspecified atom stereocenters. The third-order valence-corrected chi connectivity index (χ3v) is 2.61. The summed E-state index contributed by atoms with van der Waals surface area (Å²) in [5, 5.41) is 8.80. The number of anilines is 2. The van der Waals surface area contributed by atoms with Crippen LogP contribution in [0, 0.1) is 6.92 Å². The minimum atomic E-state index is -4.44. The van der Waals surface area contributed by atoms with Gasteiger partial charge >= 0.3 is 6.18 Å². The third kappa shape index (κ3) is 5.53. The van der Waals surface area contributed by atoms with Crippen LogP contribution in [-0.4, -0.2) is 30.4 Å². The molecule has 0 aliphatic heterocycles. The molecule has 0 fully saturated rings. The highest BCUT2D eigenvalue weighted by atomic mass is 19.4. The molecule has 1 aromatic carbocycles. The first-order valence-corrected chi connectivity index (χ1v) is 6.59. The van der Waals surface area contributed by atoms with Crippen LogP contribution in [0.25, 0.3) is 0 Å². The molecule has 1 heterocycles. The second-order valence-corrected chi connectivity index (χ2v) is 4.62. The normalized spacial score (nSPS) is 11.1. The lowest BCUT2D eigenvalue weighted by molar-refractivity contribution is -0.153. The van der Waals surface area contributed by atoms with Crippen molar-refractivity contribution in [1.29, 1.82) is 0 Å². The van der Waals surface area contributed by atoms with E-state index in [2.05, 4.69) is 15.8 Å². The topological polar surface area (TPSA) is 76.4 Å². The number of benzene rings is 1. The van der Waals surface area contributed by atoms with Crippen molar-refractivity contribution in [2.75, 3.05) is 23.8 Å². The lowest BCUT2D eigenvalue weighted by Crippen LogP contribution is -2.23. The largest absolute Gasteiger partial charge is 0.482 e. The van der Waals surface area contributed by atoms with Gasteiger partial charge in [-0.2, -0.15) is 13.2 Å². The molecule has 0 saturated heterocycles. The number of carbonyl (C=O) groups excluding carboxylic acids is 1. The first-order valence-electron chi connectivity index (χ1n) is 6.59. The van der Waals surface area contributed by atoms with E-state index in [1.807, 2.05) is 0 Å². The zero-order chi connectivity index (χ0) is 16.9. The van der Waals surface area contributed by atoms with E-state index in [0.717, 1.165) is 0 Å². The Morgan fingerprint density at radius 1 is 1.35 bits per heavy atom. The number of halogens is 3. The summed E-state index contributed by atoms with van der Waals surface area (Å²) in [5.41, 5.74) is 0.281. The highest BCUT2D eigenvalue weighted by Crippen LogP contribution is 2.26. The maximum Gasteiger partial charge on any atom is 0.422 e.